The van der Waals surface area contributed by atoms with Gasteiger partial charge in [-0.15, -0.1) is 0 Å². The zero-order valence-electron chi connectivity index (χ0n) is 17.1. The summed E-state index contributed by atoms with van der Waals surface area (Å²) in [5, 5.41) is 13.6. The number of methoxy groups -OCH3 is 1. The van der Waals surface area contributed by atoms with Crippen molar-refractivity contribution in [2.75, 3.05) is 18.2 Å². The monoisotopic (exact) mass is 422 g/mol. The first-order chi connectivity index (χ1) is 14.5. The van der Waals surface area contributed by atoms with E-state index >= 15 is 0 Å². The number of thioether (sulfide) groups is 1. The summed E-state index contributed by atoms with van der Waals surface area (Å²) in [4.78, 5) is 9.21. The van der Waals surface area contributed by atoms with Crippen LogP contribution >= 0.6 is 11.8 Å². The third-order valence-corrected chi connectivity index (χ3v) is 5.28. The van der Waals surface area contributed by atoms with Gasteiger partial charge in [-0.1, -0.05) is 25.6 Å². The molecule has 1 N–H and O–H groups in total. The Balaban J connectivity index is 2.02. The number of rotatable bonds is 8. The second-order valence-corrected chi connectivity index (χ2v) is 8.14. The highest BCUT2D eigenvalue weighted by Gasteiger charge is 2.17. The Morgan fingerprint density at radius 1 is 1.10 bits per heavy atom. The molecule has 0 aliphatic rings. The predicted octanol–water partition coefficient (Wildman–Crippen LogP) is 6.04. The molecule has 1 heterocycles. The van der Waals surface area contributed by atoms with E-state index in [-0.39, 0.29) is 5.82 Å². The minimum absolute atomic E-state index is 0.311. The lowest BCUT2D eigenvalue weighted by Gasteiger charge is -2.13. The molecule has 0 saturated carbocycles. The highest BCUT2D eigenvalue weighted by molar-refractivity contribution is 7.99. The van der Waals surface area contributed by atoms with E-state index in [0.717, 1.165) is 23.6 Å². The van der Waals surface area contributed by atoms with Crippen molar-refractivity contribution in [2.45, 2.75) is 25.4 Å². The third-order valence-electron chi connectivity index (χ3n) is 4.40. The topological polar surface area (TPSA) is 70.8 Å². The number of hydrogen-bond donors (Lipinski definition) is 1. The summed E-state index contributed by atoms with van der Waals surface area (Å²) in [6.07, 6.45) is 1.03. The number of aromatic nitrogens is 2. The zero-order chi connectivity index (χ0) is 21.5. The molecule has 30 heavy (non-hydrogen) atoms. The van der Waals surface area contributed by atoms with Crippen molar-refractivity contribution in [2.24, 2.45) is 5.92 Å². The molecule has 0 radical (unpaired) electrons. The van der Waals surface area contributed by atoms with E-state index in [0.29, 0.717) is 33.7 Å². The molecule has 0 aliphatic carbocycles. The summed E-state index contributed by atoms with van der Waals surface area (Å²) in [6.45, 7) is 4.33. The van der Waals surface area contributed by atoms with Crippen LogP contribution in [0.15, 0.2) is 53.7 Å². The molecule has 0 spiro atoms. The van der Waals surface area contributed by atoms with Crippen LogP contribution in [-0.2, 0) is 0 Å². The van der Waals surface area contributed by atoms with Crippen molar-refractivity contribution in [3.05, 3.63) is 59.9 Å². The average molecular weight is 423 g/mol. The Morgan fingerprint density at radius 2 is 1.80 bits per heavy atom. The lowest BCUT2D eigenvalue weighted by atomic mass is 10.1. The van der Waals surface area contributed by atoms with Gasteiger partial charge in [0.25, 0.3) is 0 Å². The second kappa shape index (κ2) is 10.1. The van der Waals surface area contributed by atoms with E-state index in [9.17, 15) is 9.65 Å². The summed E-state index contributed by atoms with van der Waals surface area (Å²) >= 11 is 1.55. The summed E-state index contributed by atoms with van der Waals surface area (Å²) in [7, 11) is 1.61. The highest BCUT2D eigenvalue weighted by Crippen LogP contribution is 2.31. The molecule has 3 aromatic rings. The first kappa shape index (κ1) is 21.6. The number of nitriles is 1. The maximum absolute atomic E-state index is 13.4. The van der Waals surface area contributed by atoms with Crippen molar-refractivity contribution in [1.29, 1.82) is 5.26 Å². The smallest absolute Gasteiger partial charge is 0.190 e. The second-order valence-electron chi connectivity index (χ2n) is 7.08. The van der Waals surface area contributed by atoms with Gasteiger partial charge in [-0.25, -0.2) is 14.4 Å². The van der Waals surface area contributed by atoms with Gasteiger partial charge in [0.1, 0.15) is 23.2 Å². The molecule has 2 aromatic carbocycles. The first-order valence-corrected chi connectivity index (χ1v) is 10.6. The maximum Gasteiger partial charge on any atom is 0.190 e. The zero-order valence-corrected chi connectivity index (χ0v) is 18.0. The predicted molar refractivity (Wildman–Crippen MR) is 119 cm³/mol. The van der Waals surface area contributed by atoms with Crippen LogP contribution in [0.25, 0.3) is 11.3 Å². The lowest BCUT2D eigenvalue weighted by Crippen LogP contribution is -2.04. The fraction of sp³-hybridized carbons (Fsp3) is 0.261. The van der Waals surface area contributed by atoms with Crippen molar-refractivity contribution >= 4 is 23.3 Å². The van der Waals surface area contributed by atoms with Crippen LogP contribution in [0.1, 0.15) is 25.8 Å². The lowest BCUT2D eigenvalue weighted by molar-refractivity contribution is 0.415. The van der Waals surface area contributed by atoms with Crippen LogP contribution in [0.2, 0.25) is 0 Å². The van der Waals surface area contributed by atoms with Crippen LogP contribution in [0.5, 0.6) is 5.75 Å². The van der Waals surface area contributed by atoms with Gasteiger partial charge in [0.2, 0.25) is 0 Å². The first-order valence-electron chi connectivity index (χ1n) is 9.62. The molecule has 5 nitrogen and oxygen atoms in total. The Labute approximate surface area is 180 Å². The maximum atomic E-state index is 13.4. The number of ether oxygens (including phenoxy) is 1. The fourth-order valence-electron chi connectivity index (χ4n) is 2.71. The molecule has 1 aromatic heterocycles. The minimum Gasteiger partial charge on any atom is -0.497 e. The van der Waals surface area contributed by atoms with Crippen molar-refractivity contribution in [3.63, 3.8) is 0 Å². The van der Waals surface area contributed by atoms with Crippen LogP contribution in [0, 0.1) is 23.1 Å². The number of benzene rings is 2. The van der Waals surface area contributed by atoms with Gasteiger partial charge in [-0.3, -0.25) is 0 Å². The quantitative estimate of drug-likeness (QED) is 0.352. The number of hydrogen-bond acceptors (Lipinski definition) is 6. The molecule has 0 amide bonds. The third kappa shape index (κ3) is 5.49. The van der Waals surface area contributed by atoms with Gasteiger partial charge >= 0.3 is 0 Å². The van der Waals surface area contributed by atoms with E-state index in [4.69, 9.17) is 4.74 Å². The van der Waals surface area contributed by atoms with Crippen LogP contribution < -0.4 is 10.1 Å². The van der Waals surface area contributed by atoms with Gasteiger partial charge in [-0.2, -0.15) is 5.26 Å². The van der Waals surface area contributed by atoms with E-state index in [1.165, 1.54) is 12.1 Å². The Morgan fingerprint density at radius 3 is 2.40 bits per heavy atom. The molecule has 0 bridgehead atoms. The van der Waals surface area contributed by atoms with Crippen molar-refractivity contribution in [3.8, 4) is 23.1 Å². The molecule has 0 unspecified atom stereocenters. The Bertz CT molecular complexity index is 1030. The number of anilines is 2. The van der Waals surface area contributed by atoms with Gasteiger partial charge in [-0.05, 0) is 60.9 Å². The highest BCUT2D eigenvalue weighted by atomic mass is 32.2. The van der Waals surface area contributed by atoms with Gasteiger partial charge < -0.3 is 10.1 Å². The molecule has 0 fully saturated rings. The molecule has 0 saturated heterocycles. The summed E-state index contributed by atoms with van der Waals surface area (Å²) < 4.78 is 18.6. The largest absolute Gasteiger partial charge is 0.497 e. The molecule has 0 atom stereocenters. The standard InChI is InChI=1S/C23H23FN4OS/c1-15(2)12-13-30-23-27-21(16-4-6-17(24)7-5-16)20(14-25)22(28-23)26-18-8-10-19(29-3)11-9-18/h4-11,15H,12-13H2,1-3H3,(H,26,27,28). The van der Waals surface area contributed by atoms with E-state index in [1.807, 2.05) is 24.3 Å². The summed E-state index contributed by atoms with van der Waals surface area (Å²) in [5.41, 5.74) is 2.23. The van der Waals surface area contributed by atoms with E-state index < -0.39 is 0 Å². The van der Waals surface area contributed by atoms with Crippen LogP contribution in [0.3, 0.4) is 0 Å². The average Bonchev–Trinajstić information content (AvgIpc) is 2.74. The van der Waals surface area contributed by atoms with Crippen molar-refractivity contribution in [1.82, 2.24) is 9.97 Å². The minimum atomic E-state index is -0.338. The molecule has 0 aliphatic heterocycles. The Kier molecular flexibility index (Phi) is 7.26. The van der Waals surface area contributed by atoms with E-state index in [2.05, 4.69) is 35.2 Å². The number of nitrogens with one attached hydrogen (secondary N) is 1. The van der Waals surface area contributed by atoms with Gasteiger partial charge in [0, 0.05) is 17.0 Å². The van der Waals surface area contributed by atoms with Crippen LogP contribution in [-0.4, -0.2) is 22.8 Å². The van der Waals surface area contributed by atoms with Gasteiger partial charge in [0.05, 0.1) is 12.8 Å². The van der Waals surface area contributed by atoms with E-state index in [1.54, 1.807) is 31.0 Å². The molecular formula is C23H23FN4OS. The SMILES string of the molecule is COc1ccc(Nc2nc(SCCC(C)C)nc(-c3ccc(F)cc3)c2C#N)cc1. The summed E-state index contributed by atoms with van der Waals surface area (Å²) in [5.74, 6) is 2.26. The molecule has 154 valence electrons. The molecule has 7 heteroatoms. The Hall–Kier alpha value is -3.11. The fourth-order valence-corrected chi connectivity index (χ4v) is 3.80. The molecular weight excluding hydrogens is 399 g/mol. The van der Waals surface area contributed by atoms with Gasteiger partial charge in [0.15, 0.2) is 11.0 Å². The number of nitrogens with zero attached hydrogens (tertiary/aromatic N) is 3. The number of halogens is 1. The van der Waals surface area contributed by atoms with Crippen molar-refractivity contribution < 1.29 is 9.13 Å². The molecule has 3 rings (SSSR count). The van der Waals surface area contributed by atoms with Crippen LogP contribution in [0.4, 0.5) is 15.9 Å². The normalized spacial score (nSPS) is 10.7. The summed E-state index contributed by atoms with van der Waals surface area (Å²) in [6, 6.07) is 15.5.